The Hall–Kier alpha value is -2.37. The number of carbonyl (C=O) groups is 3. The summed E-state index contributed by atoms with van der Waals surface area (Å²) in [6.07, 6.45) is -0.476. The summed E-state index contributed by atoms with van der Waals surface area (Å²) in [6.45, 7) is 0. The van der Waals surface area contributed by atoms with Gasteiger partial charge in [-0.2, -0.15) is 0 Å². The van der Waals surface area contributed by atoms with Gasteiger partial charge in [0.05, 0.1) is 22.8 Å². The van der Waals surface area contributed by atoms with Crippen molar-refractivity contribution in [3.05, 3.63) is 63.6 Å². The molecule has 0 saturated heterocycles. The largest absolute Gasteiger partial charge is 0.469 e. The fraction of sp³-hybridized carbons (Fsp3) is 0.118. The highest BCUT2D eigenvalue weighted by Gasteiger charge is 2.19. The number of anilines is 1. The minimum atomic E-state index is -0.691. The number of benzene rings is 2. The SMILES string of the molecule is COC(=O)CC(=O)Nc1cc(Cl)c(Cl)cc1C(=O)c1ccccc1. The molecule has 1 amide bonds. The molecule has 5 nitrogen and oxygen atoms in total. The molecule has 0 unspecified atom stereocenters. The fourth-order valence-corrected chi connectivity index (χ4v) is 2.31. The van der Waals surface area contributed by atoms with Gasteiger partial charge in [-0.3, -0.25) is 14.4 Å². The number of esters is 1. The summed E-state index contributed by atoms with van der Waals surface area (Å²) in [7, 11) is 1.18. The second-order valence-electron chi connectivity index (χ2n) is 4.81. The van der Waals surface area contributed by atoms with Gasteiger partial charge in [0.15, 0.2) is 5.78 Å². The van der Waals surface area contributed by atoms with Crippen molar-refractivity contribution in [2.24, 2.45) is 0 Å². The predicted octanol–water partition coefficient (Wildman–Crippen LogP) is 3.73. The number of nitrogens with one attached hydrogen (secondary N) is 1. The first-order chi connectivity index (χ1) is 11.4. The number of hydrogen-bond acceptors (Lipinski definition) is 4. The number of ketones is 1. The highest BCUT2D eigenvalue weighted by Crippen LogP contribution is 2.30. The molecular weight excluding hydrogens is 353 g/mol. The highest BCUT2D eigenvalue weighted by atomic mass is 35.5. The van der Waals surface area contributed by atoms with Crippen LogP contribution < -0.4 is 5.32 Å². The van der Waals surface area contributed by atoms with Gasteiger partial charge in [0.1, 0.15) is 6.42 Å². The van der Waals surface area contributed by atoms with Crippen LogP contribution in [0.4, 0.5) is 5.69 Å². The Labute approximate surface area is 148 Å². The van der Waals surface area contributed by atoms with Crippen LogP contribution in [-0.2, 0) is 14.3 Å². The van der Waals surface area contributed by atoms with Crippen LogP contribution in [0, 0.1) is 0 Å². The minimum Gasteiger partial charge on any atom is -0.469 e. The first-order valence-corrected chi connectivity index (χ1v) is 7.63. The molecule has 0 heterocycles. The normalized spacial score (nSPS) is 10.1. The van der Waals surface area contributed by atoms with Crippen molar-refractivity contribution < 1.29 is 19.1 Å². The summed E-state index contributed by atoms with van der Waals surface area (Å²) in [4.78, 5) is 35.7. The van der Waals surface area contributed by atoms with Crippen LogP contribution >= 0.6 is 23.2 Å². The number of rotatable bonds is 5. The third-order valence-corrected chi connectivity index (χ3v) is 3.87. The average Bonchev–Trinajstić information content (AvgIpc) is 2.57. The molecule has 0 aliphatic rings. The number of methoxy groups -OCH3 is 1. The van der Waals surface area contributed by atoms with Crippen LogP contribution in [-0.4, -0.2) is 24.8 Å². The molecule has 0 aliphatic carbocycles. The zero-order chi connectivity index (χ0) is 17.7. The maximum atomic E-state index is 12.6. The molecule has 1 N–H and O–H groups in total. The lowest BCUT2D eigenvalue weighted by Gasteiger charge is -2.12. The molecule has 7 heteroatoms. The van der Waals surface area contributed by atoms with E-state index < -0.39 is 18.3 Å². The van der Waals surface area contributed by atoms with E-state index >= 15 is 0 Å². The molecule has 0 fully saturated rings. The first-order valence-electron chi connectivity index (χ1n) is 6.88. The van der Waals surface area contributed by atoms with E-state index in [-0.39, 0.29) is 27.1 Å². The van der Waals surface area contributed by atoms with Crippen LogP contribution in [0.1, 0.15) is 22.3 Å². The predicted molar refractivity (Wildman–Crippen MR) is 91.6 cm³/mol. The number of halogens is 2. The van der Waals surface area contributed by atoms with Crippen molar-refractivity contribution in [2.45, 2.75) is 6.42 Å². The zero-order valence-corrected chi connectivity index (χ0v) is 14.1. The van der Waals surface area contributed by atoms with Crippen LogP contribution in [0.5, 0.6) is 0 Å². The smallest absolute Gasteiger partial charge is 0.315 e. The van der Waals surface area contributed by atoms with E-state index in [0.717, 1.165) is 0 Å². The van der Waals surface area contributed by atoms with Crippen molar-refractivity contribution in [1.29, 1.82) is 0 Å². The Morgan fingerprint density at radius 1 is 1.04 bits per heavy atom. The lowest BCUT2D eigenvalue weighted by molar-refractivity contribution is -0.142. The first kappa shape index (κ1) is 18.0. The molecular formula is C17H13Cl2NO4. The topological polar surface area (TPSA) is 72.5 Å². The third kappa shape index (κ3) is 4.34. The van der Waals surface area contributed by atoms with E-state index in [1.807, 2.05) is 0 Å². The lowest BCUT2D eigenvalue weighted by Crippen LogP contribution is -2.19. The van der Waals surface area contributed by atoms with Gasteiger partial charge in [0, 0.05) is 11.1 Å². The van der Waals surface area contributed by atoms with E-state index in [1.165, 1.54) is 19.2 Å². The summed E-state index contributed by atoms with van der Waals surface area (Å²) >= 11 is 12.0. The fourth-order valence-electron chi connectivity index (χ4n) is 1.98. The van der Waals surface area contributed by atoms with E-state index in [9.17, 15) is 14.4 Å². The summed E-state index contributed by atoms with van der Waals surface area (Å²) in [5.41, 5.74) is 0.778. The van der Waals surface area contributed by atoms with Gasteiger partial charge in [-0.15, -0.1) is 0 Å². The number of carbonyl (C=O) groups excluding carboxylic acids is 3. The van der Waals surface area contributed by atoms with E-state index in [1.54, 1.807) is 30.3 Å². The standard InChI is InChI=1S/C17H13Cl2NO4/c1-24-16(22)9-15(21)20-14-8-13(19)12(18)7-11(14)17(23)10-5-3-2-4-6-10/h2-8H,9H2,1H3,(H,20,21). The lowest BCUT2D eigenvalue weighted by atomic mass is 10.0. The maximum absolute atomic E-state index is 12.6. The van der Waals surface area contributed by atoms with Gasteiger partial charge in [0.2, 0.25) is 5.91 Å². The number of hydrogen-bond donors (Lipinski definition) is 1. The van der Waals surface area contributed by atoms with Crippen LogP contribution in [0.15, 0.2) is 42.5 Å². The van der Waals surface area contributed by atoms with Crippen molar-refractivity contribution in [2.75, 3.05) is 12.4 Å². The third-order valence-electron chi connectivity index (χ3n) is 3.15. The summed E-state index contributed by atoms with van der Waals surface area (Å²) < 4.78 is 4.43. The van der Waals surface area contributed by atoms with Gasteiger partial charge >= 0.3 is 5.97 Å². The van der Waals surface area contributed by atoms with Gasteiger partial charge in [-0.1, -0.05) is 53.5 Å². The molecule has 0 radical (unpaired) electrons. The monoisotopic (exact) mass is 365 g/mol. The van der Waals surface area contributed by atoms with E-state index in [0.29, 0.717) is 5.56 Å². The van der Waals surface area contributed by atoms with Gasteiger partial charge in [-0.05, 0) is 12.1 Å². The highest BCUT2D eigenvalue weighted by molar-refractivity contribution is 6.42. The van der Waals surface area contributed by atoms with Crippen molar-refractivity contribution in [3.8, 4) is 0 Å². The zero-order valence-electron chi connectivity index (χ0n) is 12.6. The molecule has 0 atom stereocenters. The summed E-state index contributed by atoms with van der Waals surface area (Å²) in [5, 5.41) is 2.85. The Bertz CT molecular complexity index is 791. The molecule has 24 heavy (non-hydrogen) atoms. The molecule has 2 aromatic rings. The second kappa shape index (κ2) is 7.95. The summed E-state index contributed by atoms with van der Waals surface area (Å²) in [5.74, 6) is -1.65. The quantitative estimate of drug-likeness (QED) is 0.497. The molecule has 2 aromatic carbocycles. The Balaban J connectivity index is 2.37. The van der Waals surface area contributed by atoms with Crippen LogP contribution in [0.25, 0.3) is 0 Å². The van der Waals surface area contributed by atoms with Crippen molar-refractivity contribution >= 4 is 46.5 Å². The maximum Gasteiger partial charge on any atom is 0.315 e. The number of ether oxygens (including phenoxy) is 1. The minimum absolute atomic E-state index is 0.173. The van der Waals surface area contributed by atoms with Crippen molar-refractivity contribution in [3.63, 3.8) is 0 Å². The van der Waals surface area contributed by atoms with Crippen LogP contribution in [0.2, 0.25) is 10.0 Å². The van der Waals surface area contributed by atoms with Gasteiger partial charge in [0.25, 0.3) is 0 Å². The van der Waals surface area contributed by atoms with Crippen molar-refractivity contribution in [1.82, 2.24) is 0 Å². The molecule has 2 rings (SSSR count). The molecule has 0 saturated carbocycles. The molecule has 0 aliphatic heterocycles. The van der Waals surface area contributed by atoms with Gasteiger partial charge < -0.3 is 10.1 Å². The molecule has 0 spiro atoms. The van der Waals surface area contributed by atoms with Gasteiger partial charge in [-0.25, -0.2) is 0 Å². The second-order valence-corrected chi connectivity index (χ2v) is 5.62. The Morgan fingerprint density at radius 2 is 1.67 bits per heavy atom. The molecule has 0 bridgehead atoms. The molecule has 0 aromatic heterocycles. The summed E-state index contributed by atoms with van der Waals surface area (Å²) in [6, 6.07) is 11.3. The van der Waals surface area contributed by atoms with E-state index in [4.69, 9.17) is 23.2 Å². The van der Waals surface area contributed by atoms with E-state index in [2.05, 4.69) is 10.1 Å². The molecule has 124 valence electrons. The number of amides is 1. The Kier molecular flexibility index (Phi) is 5.95. The average molecular weight is 366 g/mol. The van der Waals surface area contributed by atoms with Crippen LogP contribution in [0.3, 0.4) is 0 Å². The Morgan fingerprint density at radius 3 is 2.29 bits per heavy atom.